The van der Waals surface area contributed by atoms with E-state index in [1.165, 1.54) is 10.4 Å². The molecule has 118 valence electrons. The van der Waals surface area contributed by atoms with E-state index < -0.39 is 10.0 Å². The lowest BCUT2D eigenvalue weighted by atomic mass is 10.1. The van der Waals surface area contributed by atoms with Gasteiger partial charge in [0.2, 0.25) is 10.0 Å². The summed E-state index contributed by atoms with van der Waals surface area (Å²) in [6, 6.07) is 3.30. The van der Waals surface area contributed by atoms with Crippen molar-refractivity contribution in [1.29, 1.82) is 0 Å². The largest absolute Gasteiger partial charge is 0.492 e. The average Bonchev–Trinajstić information content (AvgIpc) is 2.47. The first-order valence-corrected chi connectivity index (χ1v) is 8.89. The average molecular weight is 312 g/mol. The molecule has 21 heavy (non-hydrogen) atoms. The van der Waals surface area contributed by atoms with Gasteiger partial charge in [0.25, 0.3) is 0 Å². The second-order valence-electron chi connectivity index (χ2n) is 5.45. The van der Waals surface area contributed by atoms with Crippen molar-refractivity contribution in [3.63, 3.8) is 0 Å². The maximum Gasteiger partial charge on any atom is 0.246 e. The highest BCUT2D eigenvalue weighted by atomic mass is 32.2. The molecule has 1 aliphatic heterocycles. The molecule has 0 fully saturated rings. The summed E-state index contributed by atoms with van der Waals surface area (Å²) in [4.78, 5) is 0.201. The summed E-state index contributed by atoms with van der Waals surface area (Å²) in [5, 5.41) is 0. The van der Waals surface area contributed by atoms with Crippen LogP contribution in [0.1, 0.15) is 38.7 Å². The number of sulfonamides is 1. The minimum absolute atomic E-state index is 0.0179. The van der Waals surface area contributed by atoms with Crippen LogP contribution in [0.4, 0.5) is 5.69 Å². The number of fused-ring (bicyclic) bond motifs is 1. The summed E-state index contributed by atoms with van der Waals surface area (Å²) in [7, 11) is -1.97. The zero-order valence-corrected chi connectivity index (χ0v) is 13.7. The molecule has 1 aromatic carbocycles. The number of aryl methyl sites for hydroxylation is 1. The van der Waals surface area contributed by atoms with Gasteiger partial charge in [0.15, 0.2) is 0 Å². The molecule has 0 saturated carbocycles. The van der Waals surface area contributed by atoms with Gasteiger partial charge in [-0.25, -0.2) is 8.42 Å². The Morgan fingerprint density at radius 1 is 1.33 bits per heavy atom. The fraction of sp³-hybridized carbons (Fsp3) is 0.600. The van der Waals surface area contributed by atoms with E-state index in [0.29, 0.717) is 18.0 Å². The molecule has 0 spiro atoms. The Labute approximate surface area is 127 Å². The molecule has 2 rings (SSSR count). The Balaban J connectivity index is 2.52. The van der Waals surface area contributed by atoms with Crippen molar-refractivity contribution in [1.82, 2.24) is 4.31 Å². The third-order valence-corrected chi connectivity index (χ3v) is 6.02. The molecule has 2 N–H and O–H groups in total. The second-order valence-corrected chi connectivity index (χ2v) is 7.42. The van der Waals surface area contributed by atoms with Crippen LogP contribution in [-0.2, 0) is 16.4 Å². The number of anilines is 1. The number of hydrogen-bond acceptors (Lipinski definition) is 4. The molecule has 0 atom stereocenters. The molecule has 1 aliphatic rings. The first-order valence-electron chi connectivity index (χ1n) is 7.45. The van der Waals surface area contributed by atoms with Gasteiger partial charge < -0.3 is 10.5 Å². The van der Waals surface area contributed by atoms with E-state index in [0.717, 1.165) is 31.2 Å². The SMILES string of the molecule is CCC(CC)N(C)S(=O)(=O)c1cc(N)cc2c1OCCC2. The molecule has 0 saturated heterocycles. The first kappa shape index (κ1) is 16.1. The molecule has 0 bridgehead atoms. The molecule has 0 radical (unpaired) electrons. The van der Waals surface area contributed by atoms with E-state index in [1.54, 1.807) is 7.05 Å². The van der Waals surface area contributed by atoms with Gasteiger partial charge >= 0.3 is 0 Å². The summed E-state index contributed by atoms with van der Waals surface area (Å²) in [6.45, 7) is 4.53. The van der Waals surface area contributed by atoms with Crippen molar-refractivity contribution in [2.24, 2.45) is 0 Å². The topological polar surface area (TPSA) is 72.6 Å². The van der Waals surface area contributed by atoms with Crippen LogP contribution < -0.4 is 10.5 Å². The molecule has 1 aromatic rings. The van der Waals surface area contributed by atoms with Crippen molar-refractivity contribution < 1.29 is 13.2 Å². The second kappa shape index (κ2) is 6.23. The normalized spacial score (nSPS) is 15.1. The molecule has 0 aliphatic carbocycles. The fourth-order valence-electron chi connectivity index (χ4n) is 2.82. The Kier molecular flexibility index (Phi) is 4.78. The molecular formula is C15H24N2O3S. The summed E-state index contributed by atoms with van der Waals surface area (Å²) in [5.41, 5.74) is 7.24. The number of benzene rings is 1. The maximum absolute atomic E-state index is 12.9. The number of nitrogens with two attached hydrogens (primary N) is 1. The van der Waals surface area contributed by atoms with Crippen LogP contribution in [0.3, 0.4) is 0 Å². The van der Waals surface area contributed by atoms with Crippen LogP contribution in [0.5, 0.6) is 5.75 Å². The monoisotopic (exact) mass is 312 g/mol. The fourth-order valence-corrected chi connectivity index (χ4v) is 4.53. The van der Waals surface area contributed by atoms with Crippen molar-refractivity contribution in [3.05, 3.63) is 17.7 Å². The van der Waals surface area contributed by atoms with E-state index in [9.17, 15) is 8.42 Å². The lowest BCUT2D eigenvalue weighted by Gasteiger charge is -2.28. The van der Waals surface area contributed by atoms with Crippen molar-refractivity contribution in [3.8, 4) is 5.75 Å². The van der Waals surface area contributed by atoms with Crippen LogP contribution in [0.15, 0.2) is 17.0 Å². The van der Waals surface area contributed by atoms with Crippen LogP contribution in [0.25, 0.3) is 0 Å². The van der Waals surface area contributed by atoms with Crippen LogP contribution in [0.2, 0.25) is 0 Å². The van der Waals surface area contributed by atoms with Crippen LogP contribution in [0, 0.1) is 0 Å². The third kappa shape index (κ3) is 3.01. The zero-order valence-electron chi connectivity index (χ0n) is 12.9. The van der Waals surface area contributed by atoms with Crippen molar-refractivity contribution in [2.75, 3.05) is 19.4 Å². The predicted octanol–water partition coefficient (Wildman–Crippen LogP) is 2.40. The molecular weight excluding hydrogens is 288 g/mol. The first-order chi connectivity index (χ1) is 9.91. The van der Waals surface area contributed by atoms with E-state index in [4.69, 9.17) is 10.5 Å². The molecule has 5 nitrogen and oxygen atoms in total. The highest BCUT2D eigenvalue weighted by Gasteiger charge is 2.31. The number of ether oxygens (including phenoxy) is 1. The van der Waals surface area contributed by atoms with E-state index in [2.05, 4.69) is 0 Å². The van der Waals surface area contributed by atoms with Gasteiger partial charge in [-0.05, 0) is 43.4 Å². The Bertz CT molecular complexity index is 610. The lowest BCUT2D eigenvalue weighted by Crippen LogP contribution is -2.36. The maximum atomic E-state index is 12.9. The summed E-state index contributed by atoms with van der Waals surface area (Å²) >= 11 is 0. The minimum Gasteiger partial charge on any atom is -0.492 e. The number of nitrogens with zero attached hydrogens (tertiary/aromatic N) is 1. The molecule has 0 amide bonds. The van der Waals surface area contributed by atoms with E-state index in [-0.39, 0.29) is 10.9 Å². The van der Waals surface area contributed by atoms with Gasteiger partial charge in [-0.1, -0.05) is 13.8 Å². The number of rotatable bonds is 5. The molecule has 0 aromatic heterocycles. The van der Waals surface area contributed by atoms with Gasteiger partial charge in [-0.15, -0.1) is 0 Å². The van der Waals surface area contributed by atoms with Crippen LogP contribution >= 0.6 is 0 Å². The van der Waals surface area contributed by atoms with Gasteiger partial charge in [0.1, 0.15) is 10.6 Å². The molecule has 1 heterocycles. The zero-order chi connectivity index (χ0) is 15.6. The van der Waals surface area contributed by atoms with E-state index >= 15 is 0 Å². The smallest absolute Gasteiger partial charge is 0.246 e. The van der Waals surface area contributed by atoms with Gasteiger partial charge in [0, 0.05) is 18.8 Å². The van der Waals surface area contributed by atoms with Gasteiger partial charge in [0.05, 0.1) is 6.61 Å². The number of nitrogen functional groups attached to an aromatic ring is 1. The summed E-state index contributed by atoms with van der Waals surface area (Å²) in [5.74, 6) is 0.480. The standard InChI is InChI=1S/C15H24N2O3S/c1-4-13(5-2)17(3)21(18,19)14-10-12(16)9-11-7-6-8-20-15(11)14/h9-10,13H,4-8,16H2,1-3H3. The predicted molar refractivity (Wildman–Crippen MR) is 84.0 cm³/mol. The summed E-state index contributed by atoms with van der Waals surface area (Å²) in [6.07, 6.45) is 3.24. The lowest BCUT2D eigenvalue weighted by molar-refractivity contribution is 0.278. The van der Waals surface area contributed by atoms with Crippen LogP contribution in [-0.4, -0.2) is 32.4 Å². The van der Waals surface area contributed by atoms with Gasteiger partial charge in [-0.3, -0.25) is 0 Å². The van der Waals surface area contributed by atoms with E-state index in [1.807, 2.05) is 19.9 Å². The Morgan fingerprint density at radius 3 is 2.62 bits per heavy atom. The minimum atomic E-state index is -3.60. The molecule has 6 heteroatoms. The highest BCUT2D eigenvalue weighted by molar-refractivity contribution is 7.89. The molecule has 0 unspecified atom stereocenters. The van der Waals surface area contributed by atoms with Crippen molar-refractivity contribution >= 4 is 15.7 Å². The Hall–Kier alpha value is -1.27. The Morgan fingerprint density at radius 2 is 2.00 bits per heavy atom. The summed E-state index contributed by atoms with van der Waals surface area (Å²) < 4.78 is 32.9. The number of hydrogen-bond donors (Lipinski definition) is 1. The van der Waals surface area contributed by atoms with Gasteiger partial charge in [-0.2, -0.15) is 4.31 Å². The van der Waals surface area contributed by atoms with Crippen molar-refractivity contribution in [2.45, 2.75) is 50.5 Å². The highest BCUT2D eigenvalue weighted by Crippen LogP contribution is 2.36. The quantitative estimate of drug-likeness (QED) is 0.847. The third-order valence-electron chi connectivity index (χ3n) is 4.10.